The molecule has 0 bridgehead atoms. The number of fused-ring (bicyclic) bond motifs is 1. The van der Waals surface area contributed by atoms with Crippen LogP contribution in [0.5, 0.6) is 0 Å². The summed E-state index contributed by atoms with van der Waals surface area (Å²) in [5, 5.41) is 9.50. The minimum atomic E-state index is -0.192. The van der Waals surface area contributed by atoms with E-state index in [4.69, 9.17) is 4.52 Å². The van der Waals surface area contributed by atoms with Gasteiger partial charge in [-0.3, -0.25) is 4.79 Å². The van der Waals surface area contributed by atoms with Gasteiger partial charge in [0, 0.05) is 22.9 Å². The van der Waals surface area contributed by atoms with Crippen molar-refractivity contribution < 1.29 is 4.52 Å². The third kappa shape index (κ3) is 3.11. The zero-order valence-corrected chi connectivity index (χ0v) is 15.9. The minimum Gasteiger partial charge on any atom is -0.360 e. The third-order valence-electron chi connectivity index (χ3n) is 4.63. The van der Waals surface area contributed by atoms with E-state index in [1.807, 2.05) is 25.3 Å². The molecule has 0 aliphatic rings. The van der Waals surface area contributed by atoms with Crippen molar-refractivity contribution in [1.82, 2.24) is 14.9 Å². The van der Waals surface area contributed by atoms with Crippen molar-refractivity contribution in [1.29, 1.82) is 0 Å². The summed E-state index contributed by atoms with van der Waals surface area (Å²) >= 11 is 1.70. The van der Waals surface area contributed by atoms with Crippen molar-refractivity contribution in [2.75, 3.05) is 6.26 Å². The molecule has 0 amide bonds. The van der Waals surface area contributed by atoms with E-state index in [-0.39, 0.29) is 11.5 Å². The molecule has 3 rings (SSSR count). The Labute approximate surface area is 151 Å². The fraction of sp³-hybridized carbons (Fsp3) is 0.421. The topological polar surface area (TPSA) is 60.9 Å². The third-order valence-corrected chi connectivity index (χ3v) is 5.38. The molecule has 0 atom stereocenters. The van der Waals surface area contributed by atoms with Gasteiger partial charge in [0.1, 0.15) is 11.5 Å². The van der Waals surface area contributed by atoms with E-state index in [1.54, 1.807) is 11.8 Å². The molecule has 0 spiro atoms. The van der Waals surface area contributed by atoms with Gasteiger partial charge in [0.05, 0.1) is 5.39 Å². The Hall–Kier alpha value is -2.08. The van der Waals surface area contributed by atoms with Gasteiger partial charge in [-0.25, -0.2) is 4.68 Å². The van der Waals surface area contributed by atoms with Gasteiger partial charge < -0.3 is 4.52 Å². The molecular weight excluding hydrogens is 334 g/mol. The average Bonchev–Trinajstić information content (AvgIpc) is 3.09. The second-order valence-electron chi connectivity index (χ2n) is 5.98. The van der Waals surface area contributed by atoms with E-state index in [2.05, 4.69) is 36.2 Å². The van der Waals surface area contributed by atoms with Gasteiger partial charge in [-0.05, 0) is 38.2 Å². The largest absolute Gasteiger partial charge is 0.360 e. The van der Waals surface area contributed by atoms with Gasteiger partial charge in [-0.15, -0.1) is 11.8 Å². The molecule has 0 unspecified atom stereocenters. The molecule has 25 heavy (non-hydrogen) atoms. The van der Waals surface area contributed by atoms with E-state index in [1.165, 1.54) is 9.58 Å². The smallest absolute Gasteiger partial charge is 0.296 e. The summed E-state index contributed by atoms with van der Waals surface area (Å²) in [7, 11) is 0. The Kier molecular flexibility index (Phi) is 5.27. The highest BCUT2D eigenvalue weighted by atomic mass is 32.2. The lowest BCUT2D eigenvalue weighted by atomic mass is 9.96. The summed E-state index contributed by atoms with van der Waals surface area (Å²) < 4.78 is 7.10. The fourth-order valence-electron chi connectivity index (χ4n) is 3.12. The lowest BCUT2D eigenvalue weighted by molar-refractivity contribution is 0.359. The van der Waals surface area contributed by atoms with Crippen molar-refractivity contribution in [2.45, 2.75) is 51.0 Å². The maximum Gasteiger partial charge on any atom is 0.296 e. The molecule has 6 heteroatoms. The van der Waals surface area contributed by atoms with Crippen LogP contribution in [0, 0.1) is 0 Å². The molecule has 0 N–H and O–H groups in total. The lowest BCUT2D eigenvalue weighted by Crippen LogP contribution is -2.23. The monoisotopic (exact) mass is 357 g/mol. The predicted molar refractivity (Wildman–Crippen MR) is 102 cm³/mol. The van der Waals surface area contributed by atoms with Crippen molar-refractivity contribution in [3.8, 4) is 11.3 Å². The van der Waals surface area contributed by atoms with Crippen molar-refractivity contribution >= 4 is 22.7 Å². The first-order valence-electron chi connectivity index (χ1n) is 8.69. The molecule has 2 heterocycles. The van der Waals surface area contributed by atoms with Crippen LogP contribution in [0.4, 0.5) is 0 Å². The summed E-state index contributed by atoms with van der Waals surface area (Å²) in [4.78, 5) is 13.8. The molecule has 0 saturated heterocycles. The molecule has 3 aromatic rings. The number of hydrogen-bond acceptors (Lipinski definition) is 5. The van der Waals surface area contributed by atoms with Crippen LogP contribution in [0.15, 0.2) is 38.5 Å². The maximum absolute atomic E-state index is 12.6. The summed E-state index contributed by atoms with van der Waals surface area (Å²) in [5.41, 5.74) is 1.93. The Morgan fingerprint density at radius 3 is 2.40 bits per heavy atom. The second-order valence-corrected chi connectivity index (χ2v) is 6.86. The van der Waals surface area contributed by atoms with Crippen LogP contribution in [0.25, 0.3) is 22.2 Å². The van der Waals surface area contributed by atoms with Crippen LogP contribution in [0.3, 0.4) is 0 Å². The van der Waals surface area contributed by atoms with Gasteiger partial charge in [0.25, 0.3) is 5.56 Å². The van der Waals surface area contributed by atoms with E-state index < -0.39 is 0 Å². The minimum absolute atomic E-state index is 0.192. The predicted octanol–water partition coefficient (Wildman–Crippen LogP) is 4.70. The highest BCUT2D eigenvalue weighted by molar-refractivity contribution is 7.98. The van der Waals surface area contributed by atoms with Gasteiger partial charge in [-0.1, -0.05) is 31.1 Å². The Morgan fingerprint density at radius 2 is 1.84 bits per heavy atom. The number of thioether (sulfide) groups is 1. The molecule has 2 aromatic heterocycles. The first-order valence-corrected chi connectivity index (χ1v) is 9.91. The SMILES string of the molecule is CCC(CC)c1onc2c(=O)n(CC)nc(-c3ccc(SC)cc3)c12. The molecular formula is C19H23N3O2S. The van der Waals surface area contributed by atoms with Crippen LogP contribution >= 0.6 is 11.8 Å². The van der Waals surface area contributed by atoms with Crippen molar-refractivity contribution in [3.63, 3.8) is 0 Å². The molecule has 0 fully saturated rings. The zero-order chi connectivity index (χ0) is 18.0. The first-order chi connectivity index (χ1) is 12.1. The first kappa shape index (κ1) is 17.7. The Balaban J connectivity index is 2.32. The summed E-state index contributed by atoms with van der Waals surface area (Å²) in [6.45, 7) is 6.65. The summed E-state index contributed by atoms with van der Waals surface area (Å²) in [5.74, 6) is 1.00. The Morgan fingerprint density at radius 1 is 1.16 bits per heavy atom. The average molecular weight is 357 g/mol. The van der Waals surface area contributed by atoms with E-state index in [0.29, 0.717) is 12.1 Å². The van der Waals surface area contributed by atoms with Crippen LogP contribution in [0.1, 0.15) is 45.3 Å². The van der Waals surface area contributed by atoms with Crippen LogP contribution < -0.4 is 5.56 Å². The fourth-order valence-corrected chi connectivity index (χ4v) is 3.53. The maximum atomic E-state index is 12.6. The number of benzene rings is 1. The quantitative estimate of drug-likeness (QED) is 0.599. The van der Waals surface area contributed by atoms with Gasteiger partial charge in [-0.2, -0.15) is 5.10 Å². The van der Waals surface area contributed by atoms with Crippen molar-refractivity contribution in [2.24, 2.45) is 0 Å². The van der Waals surface area contributed by atoms with Crippen LogP contribution in [0.2, 0.25) is 0 Å². The molecule has 0 saturated carbocycles. The number of rotatable bonds is 6. The second kappa shape index (κ2) is 7.44. The van der Waals surface area contributed by atoms with Crippen LogP contribution in [-0.4, -0.2) is 21.2 Å². The molecule has 1 aromatic carbocycles. The lowest BCUT2D eigenvalue weighted by Gasteiger charge is -2.11. The standard InChI is InChI=1S/C19H23N3O2S/c1-5-12(6-2)18-15-16(13-8-10-14(25-4)11-9-13)20-22(7-3)19(23)17(15)21-24-18/h8-12H,5-7H2,1-4H3. The van der Waals surface area contributed by atoms with Gasteiger partial charge >= 0.3 is 0 Å². The van der Waals surface area contributed by atoms with Gasteiger partial charge in [0.2, 0.25) is 0 Å². The Bertz CT molecular complexity index is 924. The molecule has 0 aliphatic heterocycles. The highest BCUT2D eigenvalue weighted by Gasteiger charge is 2.24. The van der Waals surface area contributed by atoms with Crippen LogP contribution in [-0.2, 0) is 6.54 Å². The normalized spacial score (nSPS) is 11.6. The number of nitrogens with zero attached hydrogens (tertiary/aromatic N) is 3. The molecule has 0 radical (unpaired) electrons. The summed E-state index contributed by atoms with van der Waals surface area (Å²) in [6, 6.07) is 8.22. The number of aromatic nitrogens is 3. The van der Waals surface area contributed by atoms with E-state index in [9.17, 15) is 4.79 Å². The molecule has 0 aliphatic carbocycles. The number of hydrogen-bond donors (Lipinski definition) is 0. The van der Waals surface area contributed by atoms with Crippen molar-refractivity contribution in [3.05, 3.63) is 40.4 Å². The zero-order valence-electron chi connectivity index (χ0n) is 15.1. The van der Waals surface area contributed by atoms with E-state index >= 15 is 0 Å². The number of aryl methyl sites for hydroxylation is 1. The molecule has 5 nitrogen and oxygen atoms in total. The highest BCUT2D eigenvalue weighted by Crippen LogP contribution is 2.34. The van der Waals surface area contributed by atoms with E-state index in [0.717, 1.165) is 35.2 Å². The van der Waals surface area contributed by atoms with Gasteiger partial charge in [0.15, 0.2) is 5.52 Å². The molecule has 132 valence electrons. The summed E-state index contributed by atoms with van der Waals surface area (Å²) in [6.07, 6.45) is 3.92.